The highest BCUT2D eigenvalue weighted by atomic mass is 16.3. The van der Waals surface area contributed by atoms with Gasteiger partial charge in [0.1, 0.15) is 6.26 Å². The highest BCUT2D eigenvalue weighted by Gasteiger charge is 2.34. The first-order valence-electron chi connectivity index (χ1n) is 7.80. The van der Waals surface area contributed by atoms with Crippen LogP contribution in [0.4, 0.5) is 0 Å². The number of hydrogen-bond donors (Lipinski definition) is 0. The van der Waals surface area contributed by atoms with Crippen LogP contribution in [0.25, 0.3) is 0 Å². The Hall–Kier alpha value is -2.57. The van der Waals surface area contributed by atoms with Gasteiger partial charge >= 0.3 is 0 Å². The number of furan rings is 1. The summed E-state index contributed by atoms with van der Waals surface area (Å²) in [5, 5.41) is 4.40. The molecule has 0 radical (unpaired) electrons. The van der Waals surface area contributed by atoms with Gasteiger partial charge in [0.2, 0.25) is 0 Å². The van der Waals surface area contributed by atoms with E-state index >= 15 is 0 Å². The third-order valence-corrected chi connectivity index (χ3v) is 4.62. The van der Waals surface area contributed by atoms with Crippen molar-refractivity contribution in [3.05, 3.63) is 41.1 Å². The Balaban J connectivity index is 1.60. The minimum atomic E-state index is -0.0884. The summed E-state index contributed by atoms with van der Waals surface area (Å²) in [6.45, 7) is 2.47. The van der Waals surface area contributed by atoms with Crippen molar-refractivity contribution in [1.29, 1.82) is 0 Å². The van der Waals surface area contributed by atoms with E-state index in [1.807, 2.05) is 11.9 Å². The van der Waals surface area contributed by atoms with Crippen LogP contribution in [0.5, 0.6) is 0 Å². The largest absolute Gasteiger partial charge is 0.472 e. The molecule has 0 N–H and O–H groups in total. The van der Waals surface area contributed by atoms with Gasteiger partial charge in [-0.3, -0.25) is 14.3 Å². The van der Waals surface area contributed by atoms with Gasteiger partial charge in [0.15, 0.2) is 5.69 Å². The molecule has 1 fully saturated rings. The second kappa shape index (κ2) is 5.26. The fourth-order valence-electron chi connectivity index (χ4n) is 3.35. The van der Waals surface area contributed by atoms with E-state index in [-0.39, 0.29) is 11.8 Å². The number of aryl methyl sites for hydroxylation is 1. The first-order chi connectivity index (χ1) is 11.1. The summed E-state index contributed by atoms with van der Waals surface area (Å²) in [4.78, 5) is 28.7. The number of fused-ring (bicyclic) bond motifs is 1. The van der Waals surface area contributed by atoms with Gasteiger partial charge in [-0.15, -0.1) is 0 Å². The minimum absolute atomic E-state index is 0.0167. The summed E-state index contributed by atoms with van der Waals surface area (Å²) in [6, 6.07) is 1.65. The maximum absolute atomic E-state index is 12.7. The molecule has 2 aliphatic rings. The van der Waals surface area contributed by atoms with Crippen LogP contribution in [-0.4, -0.2) is 44.5 Å². The van der Waals surface area contributed by atoms with Crippen LogP contribution >= 0.6 is 0 Å². The van der Waals surface area contributed by atoms with Crippen molar-refractivity contribution in [2.45, 2.75) is 25.9 Å². The molecule has 0 spiro atoms. The van der Waals surface area contributed by atoms with Gasteiger partial charge in [-0.2, -0.15) is 5.10 Å². The van der Waals surface area contributed by atoms with Gasteiger partial charge in [0, 0.05) is 25.7 Å². The molecule has 0 bridgehead atoms. The van der Waals surface area contributed by atoms with E-state index in [9.17, 15) is 9.59 Å². The van der Waals surface area contributed by atoms with Crippen LogP contribution in [0.1, 0.15) is 44.9 Å². The van der Waals surface area contributed by atoms with Crippen LogP contribution in [0.15, 0.2) is 23.0 Å². The molecule has 0 saturated carbocycles. The lowest BCUT2D eigenvalue weighted by molar-refractivity contribution is 0.0735. The lowest BCUT2D eigenvalue weighted by Crippen LogP contribution is -2.30. The highest BCUT2D eigenvalue weighted by molar-refractivity contribution is 5.96. The van der Waals surface area contributed by atoms with Gasteiger partial charge < -0.3 is 14.2 Å². The average Bonchev–Trinajstić information content (AvgIpc) is 3.32. The highest BCUT2D eigenvalue weighted by Crippen LogP contribution is 2.28. The van der Waals surface area contributed by atoms with Gasteiger partial charge in [-0.1, -0.05) is 0 Å². The smallest absolute Gasteiger partial charge is 0.274 e. The Bertz CT molecular complexity index is 757. The van der Waals surface area contributed by atoms with Gasteiger partial charge in [0.25, 0.3) is 11.8 Å². The van der Waals surface area contributed by atoms with Crippen molar-refractivity contribution < 1.29 is 14.0 Å². The number of rotatable bonds is 2. The van der Waals surface area contributed by atoms with Crippen LogP contribution < -0.4 is 0 Å². The summed E-state index contributed by atoms with van der Waals surface area (Å²) in [5.41, 5.74) is 2.83. The van der Waals surface area contributed by atoms with Crippen LogP contribution in [-0.2, 0) is 20.1 Å². The van der Waals surface area contributed by atoms with E-state index in [1.54, 1.807) is 15.6 Å². The van der Waals surface area contributed by atoms with E-state index in [0.29, 0.717) is 24.3 Å². The van der Waals surface area contributed by atoms with E-state index in [0.717, 1.165) is 37.2 Å². The second-order valence-electron chi connectivity index (χ2n) is 6.07. The molecule has 0 atom stereocenters. The standard InChI is InChI=1S/C16H18N4O3/c1-18-13-9-20(15(21)11-4-7-23-10-11)8-12(13)14(17-18)16(22)19-5-2-3-6-19/h4,7,10H,2-3,5-6,8-9H2,1H3. The number of likely N-dealkylation sites (tertiary alicyclic amines) is 1. The first-order valence-corrected chi connectivity index (χ1v) is 7.80. The summed E-state index contributed by atoms with van der Waals surface area (Å²) in [7, 11) is 1.82. The fraction of sp³-hybridized carbons (Fsp3) is 0.438. The Kier molecular flexibility index (Phi) is 3.21. The van der Waals surface area contributed by atoms with Crippen molar-refractivity contribution in [3.8, 4) is 0 Å². The number of carbonyl (C=O) groups is 2. The summed E-state index contributed by atoms with van der Waals surface area (Å²) >= 11 is 0. The Labute approximate surface area is 133 Å². The summed E-state index contributed by atoms with van der Waals surface area (Å²) in [5.74, 6) is -0.105. The van der Waals surface area contributed by atoms with E-state index in [4.69, 9.17) is 4.42 Å². The lowest BCUT2D eigenvalue weighted by Gasteiger charge is -2.16. The lowest BCUT2D eigenvalue weighted by atomic mass is 10.2. The third-order valence-electron chi connectivity index (χ3n) is 4.62. The van der Waals surface area contributed by atoms with Gasteiger partial charge in [0.05, 0.1) is 30.6 Å². The molecule has 7 heteroatoms. The van der Waals surface area contributed by atoms with E-state index < -0.39 is 0 Å². The second-order valence-corrected chi connectivity index (χ2v) is 6.07. The van der Waals surface area contributed by atoms with Crippen molar-refractivity contribution in [1.82, 2.24) is 19.6 Å². The molecule has 4 rings (SSSR count). The maximum Gasteiger partial charge on any atom is 0.274 e. The molecule has 1 saturated heterocycles. The van der Waals surface area contributed by atoms with Crippen LogP contribution in [0, 0.1) is 0 Å². The predicted octanol–water partition coefficient (Wildman–Crippen LogP) is 1.41. The Morgan fingerprint density at radius 3 is 2.61 bits per heavy atom. The number of aromatic nitrogens is 2. The van der Waals surface area contributed by atoms with Crippen molar-refractivity contribution in [2.75, 3.05) is 13.1 Å². The number of nitrogens with zero attached hydrogens (tertiary/aromatic N) is 4. The monoisotopic (exact) mass is 314 g/mol. The number of amides is 2. The number of hydrogen-bond acceptors (Lipinski definition) is 4. The Morgan fingerprint density at radius 2 is 1.91 bits per heavy atom. The first kappa shape index (κ1) is 14.0. The van der Waals surface area contributed by atoms with E-state index in [1.165, 1.54) is 12.5 Å². The summed E-state index contributed by atoms with van der Waals surface area (Å²) < 4.78 is 6.70. The average molecular weight is 314 g/mol. The molecule has 23 heavy (non-hydrogen) atoms. The number of carbonyl (C=O) groups excluding carboxylic acids is 2. The Morgan fingerprint density at radius 1 is 1.13 bits per heavy atom. The van der Waals surface area contributed by atoms with Crippen molar-refractivity contribution in [2.24, 2.45) is 7.05 Å². The molecule has 120 valence electrons. The molecule has 2 aromatic rings. The molecule has 7 nitrogen and oxygen atoms in total. The molecule has 2 amide bonds. The van der Waals surface area contributed by atoms with Crippen molar-refractivity contribution >= 4 is 11.8 Å². The summed E-state index contributed by atoms with van der Waals surface area (Å²) in [6.07, 6.45) is 5.03. The normalized spacial score (nSPS) is 16.9. The van der Waals surface area contributed by atoms with Crippen molar-refractivity contribution in [3.63, 3.8) is 0 Å². The molecular weight excluding hydrogens is 296 g/mol. The zero-order valence-electron chi connectivity index (χ0n) is 13.0. The van der Waals surface area contributed by atoms with Gasteiger partial charge in [-0.05, 0) is 18.9 Å². The molecule has 0 aromatic carbocycles. The van der Waals surface area contributed by atoms with Crippen LogP contribution in [0.3, 0.4) is 0 Å². The SMILES string of the molecule is Cn1nc(C(=O)N2CCCC2)c2c1CN(C(=O)c1ccoc1)C2. The molecule has 0 aliphatic carbocycles. The van der Waals surface area contributed by atoms with Gasteiger partial charge in [-0.25, -0.2) is 0 Å². The molecule has 4 heterocycles. The zero-order chi connectivity index (χ0) is 16.0. The molecule has 2 aromatic heterocycles. The van der Waals surface area contributed by atoms with Crippen LogP contribution in [0.2, 0.25) is 0 Å². The van der Waals surface area contributed by atoms with E-state index in [2.05, 4.69) is 5.10 Å². The minimum Gasteiger partial charge on any atom is -0.472 e. The maximum atomic E-state index is 12.7. The topological polar surface area (TPSA) is 71.6 Å². The zero-order valence-corrected chi connectivity index (χ0v) is 13.0. The molecule has 2 aliphatic heterocycles. The quantitative estimate of drug-likeness (QED) is 0.840. The third kappa shape index (κ3) is 2.23. The molecule has 0 unspecified atom stereocenters. The predicted molar refractivity (Wildman–Crippen MR) is 80.6 cm³/mol. The molecular formula is C16H18N4O3. The fourth-order valence-corrected chi connectivity index (χ4v) is 3.35.